The van der Waals surface area contributed by atoms with Crippen LogP contribution in [0.2, 0.25) is 0 Å². The fourth-order valence-corrected chi connectivity index (χ4v) is 2.39. The molecule has 0 bridgehead atoms. The van der Waals surface area contributed by atoms with E-state index in [0.717, 1.165) is 22.3 Å². The van der Waals surface area contributed by atoms with Crippen molar-refractivity contribution in [2.75, 3.05) is 6.61 Å². The average molecular weight is 280 g/mol. The molecule has 0 aliphatic heterocycles. The van der Waals surface area contributed by atoms with E-state index in [0.29, 0.717) is 17.9 Å². The van der Waals surface area contributed by atoms with E-state index < -0.39 is 0 Å². The van der Waals surface area contributed by atoms with E-state index in [1.165, 1.54) is 0 Å². The third-order valence-corrected chi connectivity index (χ3v) is 3.48. The zero-order valence-electron chi connectivity index (χ0n) is 12.1. The number of ether oxygens (including phenoxy) is 1. The number of aryl methyl sites for hydroxylation is 1. The van der Waals surface area contributed by atoms with E-state index in [4.69, 9.17) is 9.15 Å². The van der Waals surface area contributed by atoms with Gasteiger partial charge in [0, 0.05) is 16.5 Å². The van der Waals surface area contributed by atoms with E-state index >= 15 is 0 Å². The quantitative estimate of drug-likeness (QED) is 0.666. The van der Waals surface area contributed by atoms with Crippen LogP contribution in [0.3, 0.4) is 0 Å². The Labute approximate surface area is 123 Å². The van der Waals surface area contributed by atoms with Crippen molar-refractivity contribution in [1.82, 2.24) is 0 Å². The van der Waals surface area contributed by atoms with E-state index in [2.05, 4.69) is 0 Å². The summed E-state index contributed by atoms with van der Waals surface area (Å²) in [6.07, 6.45) is 0. The first kappa shape index (κ1) is 13.4. The van der Waals surface area contributed by atoms with Gasteiger partial charge in [-0.1, -0.05) is 18.2 Å². The number of carbonyl (C=O) groups excluding carboxylic acids is 1. The third-order valence-electron chi connectivity index (χ3n) is 3.48. The normalized spacial score (nSPS) is 10.8. The van der Waals surface area contributed by atoms with Gasteiger partial charge in [0.25, 0.3) is 0 Å². The number of benzene rings is 2. The summed E-state index contributed by atoms with van der Waals surface area (Å²) < 4.78 is 11.1. The molecule has 3 rings (SSSR count). The van der Waals surface area contributed by atoms with Crippen molar-refractivity contribution in [2.24, 2.45) is 0 Å². The highest BCUT2D eigenvalue weighted by Crippen LogP contribution is 2.27. The molecule has 1 heterocycles. The molecule has 106 valence electrons. The monoisotopic (exact) mass is 280 g/mol. The Bertz CT molecular complexity index is 782. The molecular formula is C18H16O3. The summed E-state index contributed by atoms with van der Waals surface area (Å²) in [5.41, 5.74) is 2.22. The lowest BCUT2D eigenvalue weighted by Crippen LogP contribution is -2.01. The fraction of sp³-hybridized carbons (Fsp3) is 0.167. The van der Waals surface area contributed by atoms with Crippen LogP contribution >= 0.6 is 0 Å². The van der Waals surface area contributed by atoms with Gasteiger partial charge in [-0.25, -0.2) is 0 Å². The molecule has 3 heteroatoms. The van der Waals surface area contributed by atoms with Crippen molar-refractivity contribution in [3.05, 3.63) is 65.4 Å². The smallest absolute Gasteiger partial charge is 0.228 e. The first-order valence-electron chi connectivity index (χ1n) is 6.96. The molecule has 3 nitrogen and oxygen atoms in total. The molecule has 0 aliphatic rings. The molecule has 0 spiro atoms. The maximum atomic E-state index is 12.6. The summed E-state index contributed by atoms with van der Waals surface area (Å²) in [5.74, 6) is 1.06. The van der Waals surface area contributed by atoms with E-state index in [9.17, 15) is 4.79 Å². The standard InChI is InChI=1S/C18H16O3/c1-3-20-14-10-8-13(9-11-14)17(19)18-12(2)15-6-4-5-7-16(15)21-18/h4-11H,3H2,1-2H3. The average Bonchev–Trinajstić information content (AvgIpc) is 2.85. The maximum Gasteiger partial charge on any atom is 0.228 e. The van der Waals surface area contributed by atoms with Crippen LogP contribution in [-0.2, 0) is 0 Å². The molecule has 1 aromatic heterocycles. The lowest BCUT2D eigenvalue weighted by atomic mass is 10.0. The second-order valence-corrected chi connectivity index (χ2v) is 4.84. The number of carbonyl (C=O) groups is 1. The summed E-state index contributed by atoms with van der Waals surface area (Å²) in [5, 5.41) is 0.979. The summed E-state index contributed by atoms with van der Waals surface area (Å²) in [7, 11) is 0. The topological polar surface area (TPSA) is 39.4 Å². The first-order valence-corrected chi connectivity index (χ1v) is 6.96. The van der Waals surface area contributed by atoms with Crippen molar-refractivity contribution in [3.8, 4) is 5.75 Å². The minimum atomic E-state index is -0.105. The summed E-state index contributed by atoms with van der Waals surface area (Å²) in [6, 6.07) is 14.8. The molecule has 0 radical (unpaired) electrons. The van der Waals surface area contributed by atoms with Gasteiger partial charge in [-0.05, 0) is 44.2 Å². The third kappa shape index (κ3) is 2.42. The van der Waals surface area contributed by atoms with Crippen LogP contribution in [-0.4, -0.2) is 12.4 Å². The Hall–Kier alpha value is -2.55. The van der Waals surface area contributed by atoms with Crippen LogP contribution in [0.4, 0.5) is 0 Å². The Kier molecular flexibility index (Phi) is 3.48. The van der Waals surface area contributed by atoms with Crippen LogP contribution in [0.15, 0.2) is 52.9 Å². The van der Waals surface area contributed by atoms with Crippen LogP contribution in [0.25, 0.3) is 11.0 Å². The number of fused-ring (bicyclic) bond motifs is 1. The van der Waals surface area contributed by atoms with Crippen molar-refractivity contribution in [1.29, 1.82) is 0 Å². The molecule has 0 amide bonds. The van der Waals surface area contributed by atoms with E-state index in [1.807, 2.05) is 38.1 Å². The molecule has 0 fully saturated rings. The summed E-state index contributed by atoms with van der Waals surface area (Å²) in [4.78, 5) is 12.6. The molecule has 0 aliphatic carbocycles. The van der Waals surface area contributed by atoms with Crippen molar-refractivity contribution >= 4 is 16.8 Å². The minimum Gasteiger partial charge on any atom is -0.494 e. The molecule has 0 atom stereocenters. The largest absolute Gasteiger partial charge is 0.494 e. The predicted molar refractivity (Wildman–Crippen MR) is 82.0 cm³/mol. The molecular weight excluding hydrogens is 264 g/mol. The fourth-order valence-electron chi connectivity index (χ4n) is 2.39. The highest BCUT2D eigenvalue weighted by molar-refractivity contribution is 6.10. The highest BCUT2D eigenvalue weighted by atomic mass is 16.5. The van der Waals surface area contributed by atoms with Crippen LogP contribution in [0, 0.1) is 6.92 Å². The SMILES string of the molecule is CCOc1ccc(C(=O)c2oc3ccccc3c2C)cc1. The van der Waals surface area contributed by atoms with Gasteiger partial charge < -0.3 is 9.15 Å². The summed E-state index contributed by atoms with van der Waals surface area (Å²) >= 11 is 0. The molecule has 3 aromatic rings. The Morgan fingerprint density at radius 3 is 2.48 bits per heavy atom. The number of hydrogen-bond donors (Lipinski definition) is 0. The number of hydrogen-bond acceptors (Lipinski definition) is 3. The van der Waals surface area contributed by atoms with Crippen LogP contribution < -0.4 is 4.74 Å². The lowest BCUT2D eigenvalue weighted by Gasteiger charge is -2.03. The Balaban J connectivity index is 1.98. The van der Waals surface area contributed by atoms with Crippen LogP contribution in [0.1, 0.15) is 28.6 Å². The molecule has 0 unspecified atom stereocenters. The summed E-state index contributed by atoms with van der Waals surface area (Å²) in [6.45, 7) is 4.44. The molecule has 2 aromatic carbocycles. The number of furan rings is 1. The predicted octanol–water partition coefficient (Wildman–Crippen LogP) is 4.37. The van der Waals surface area contributed by atoms with Gasteiger partial charge in [-0.2, -0.15) is 0 Å². The Morgan fingerprint density at radius 2 is 1.81 bits per heavy atom. The van der Waals surface area contributed by atoms with Crippen molar-refractivity contribution < 1.29 is 13.9 Å². The second kappa shape index (κ2) is 5.44. The van der Waals surface area contributed by atoms with Gasteiger partial charge >= 0.3 is 0 Å². The van der Waals surface area contributed by atoms with Gasteiger partial charge in [0.15, 0.2) is 5.76 Å². The molecule has 21 heavy (non-hydrogen) atoms. The zero-order chi connectivity index (χ0) is 14.8. The van der Waals surface area contributed by atoms with Gasteiger partial charge in [-0.3, -0.25) is 4.79 Å². The number of para-hydroxylation sites is 1. The molecule has 0 saturated heterocycles. The minimum absolute atomic E-state index is 0.105. The first-order chi connectivity index (χ1) is 10.2. The highest BCUT2D eigenvalue weighted by Gasteiger charge is 2.18. The Morgan fingerprint density at radius 1 is 1.10 bits per heavy atom. The van der Waals surface area contributed by atoms with Crippen LogP contribution in [0.5, 0.6) is 5.75 Å². The van der Waals surface area contributed by atoms with E-state index in [-0.39, 0.29) is 5.78 Å². The molecule has 0 N–H and O–H groups in total. The number of rotatable bonds is 4. The number of ketones is 1. The van der Waals surface area contributed by atoms with Gasteiger partial charge in [0.05, 0.1) is 6.61 Å². The van der Waals surface area contributed by atoms with Crippen molar-refractivity contribution in [2.45, 2.75) is 13.8 Å². The van der Waals surface area contributed by atoms with Crippen molar-refractivity contribution in [3.63, 3.8) is 0 Å². The lowest BCUT2D eigenvalue weighted by molar-refractivity contribution is 0.101. The second-order valence-electron chi connectivity index (χ2n) is 4.84. The van der Waals surface area contributed by atoms with Gasteiger partial charge in [-0.15, -0.1) is 0 Å². The zero-order valence-corrected chi connectivity index (χ0v) is 12.1. The van der Waals surface area contributed by atoms with Gasteiger partial charge in [0.1, 0.15) is 11.3 Å². The molecule has 0 saturated carbocycles. The van der Waals surface area contributed by atoms with E-state index in [1.54, 1.807) is 24.3 Å². The maximum absolute atomic E-state index is 12.6. The van der Waals surface area contributed by atoms with Gasteiger partial charge in [0.2, 0.25) is 5.78 Å².